The van der Waals surface area contributed by atoms with Crippen LogP contribution in [0.4, 0.5) is 0 Å². The fraction of sp³-hybridized carbons (Fsp3) is 0.259. The van der Waals surface area contributed by atoms with Crippen LogP contribution in [0.5, 0.6) is 5.75 Å². The summed E-state index contributed by atoms with van der Waals surface area (Å²) in [7, 11) is 0. The van der Waals surface area contributed by atoms with Gasteiger partial charge in [-0.05, 0) is 48.7 Å². The van der Waals surface area contributed by atoms with Crippen LogP contribution in [-0.4, -0.2) is 44.4 Å². The normalized spacial score (nSPS) is 17.4. The van der Waals surface area contributed by atoms with Crippen molar-refractivity contribution in [1.29, 1.82) is 0 Å². The molecule has 3 heterocycles. The van der Waals surface area contributed by atoms with E-state index >= 15 is 0 Å². The van der Waals surface area contributed by atoms with Crippen molar-refractivity contribution in [2.45, 2.75) is 32.1 Å². The molecule has 0 radical (unpaired) electrons. The van der Waals surface area contributed by atoms with E-state index in [2.05, 4.69) is 44.3 Å². The molecule has 0 saturated carbocycles. The number of aliphatic hydroxyl groups excluding tert-OH is 1. The summed E-state index contributed by atoms with van der Waals surface area (Å²) >= 11 is 12.6. The smallest absolute Gasteiger partial charge is 0.124 e. The number of benzene rings is 2. The Hall–Kier alpha value is -2.90. The van der Waals surface area contributed by atoms with Crippen LogP contribution in [0.25, 0.3) is 23.1 Å². The molecule has 180 valence electrons. The van der Waals surface area contributed by atoms with E-state index in [1.807, 2.05) is 37.3 Å². The summed E-state index contributed by atoms with van der Waals surface area (Å²) in [4.78, 5) is 6.28. The number of aliphatic hydroxyl groups is 1. The van der Waals surface area contributed by atoms with Gasteiger partial charge < -0.3 is 9.84 Å². The zero-order valence-electron chi connectivity index (χ0n) is 19.3. The van der Waals surface area contributed by atoms with Crippen molar-refractivity contribution in [3.63, 3.8) is 0 Å². The summed E-state index contributed by atoms with van der Waals surface area (Å²) in [5.41, 5.74) is 4.79. The van der Waals surface area contributed by atoms with Gasteiger partial charge in [-0.2, -0.15) is 5.10 Å². The molecule has 1 saturated heterocycles. The van der Waals surface area contributed by atoms with E-state index in [9.17, 15) is 5.11 Å². The average molecular weight is 509 g/mol. The van der Waals surface area contributed by atoms with E-state index in [1.54, 1.807) is 12.4 Å². The maximum atomic E-state index is 9.71. The number of ether oxygens (including phenoxy) is 1. The van der Waals surface area contributed by atoms with Gasteiger partial charge in [0.05, 0.1) is 27.4 Å². The van der Waals surface area contributed by atoms with Gasteiger partial charge in [0.1, 0.15) is 11.9 Å². The molecule has 35 heavy (non-hydrogen) atoms. The lowest BCUT2D eigenvalue weighted by Crippen LogP contribution is -2.21. The molecular formula is C27H26Cl2N4O2. The van der Waals surface area contributed by atoms with E-state index in [-0.39, 0.29) is 12.2 Å². The van der Waals surface area contributed by atoms with Crippen molar-refractivity contribution >= 4 is 46.3 Å². The number of hydrogen-bond donors (Lipinski definition) is 2. The van der Waals surface area contributed by atoms with Gasteiger partial charge in [-0.25, -0.2) is 0 Å². The molecule has 0 aliphatic carbocycles. The monoisotopic (exact) mass is 508 g/mol. The molecule has 0 spiro atoms. The molecule has 5 rings (SSSR count). The molecule has 2 atom stereocenters. The summed E-state index contributed by atoms with van der Waals surface area (Å²) in [6.45, 7) is 4.47. The first-order chi connectivity index (χ1) is 17.0. The number of likely N-dealkylation sites (tertiary alicyclic amines) is 1. The van der Waals surface area contributed by atoms with Crippen LogP contribution in [-0.2, 0) is 6.54 Å². The summed E-state index contributed by atoms with van der Waals surface area (Å²) in [5, 5.41) is 19.2. The highest BCUT2D eigenvalue weighted by molar-refractivity contribution is 6.35. The number of aromatic nitrogens is 3. The number of halogens is 2. The Balaban J connectivity index is 1.30. The summed E-state index contributed by atoms with van der Waals surface area (Å²) in [6, 6.07) is 14.3. The third kappa shape index (κ3) is 5.52. The molecule has 1 aliphatic rings. The minimum atomic E-state index is -0.344. The van der Waals surface area contributed by atoms with Gasteiger partial charge in [0, 0.05) is 43.0 Å². The van der Waals surface area contributed by atoms with Crippen molar-refractivity contribution in [1.82, 2.24) is 20.1 Å². The second kappa shape index (κ2) is 10.4. The molecule has 2 unspecified atom stereocenters. The Morgan fingerprint density at radius 1 is 1.14 bits per heavy atom. The van der Waals surface area contributed by atoms with Gasteiger partial charge in [0.15, 0.2) is 0 Å². The van der Waals surface area contributed by atoms with Gasteiger partial charge >= 0.3 is 0 Å². The van der Waals surface area contributed by atoms with Crippen LogP contribution in [0.2, 0.25) is 10.0 Å². The van der Waals surface area contributed by atoms with Gasteiger partial charge in [-0.15, -0.1) is 0 Å². The second-order valence-electron chi connectivity index (χ2n) is 8.85. The lowest BCUT2D eigenvalue weighted by molar-refractivity contribution is 0.175. The van der Waals surface area contributed by atoms with Crippen molar-refractivity contribution in [3.05, 3.63) is 87.3 Å². The first kappa shape index (κ1) is 23.8. The van der Waals surface area contributed by atoms with Crippen molar-refractivity contribution < 1.29 is 9.84 Å². The topological polar surface area (TPSA) is 74.3 Å². The zero-order chi connectivity index (χ0) is 24.4. The van der Waals surface area contributed by atoms with E-state index in [1.165, 1.54) is 5.56 Å². The molecule has 2 aromatic carbocycles. The Morgan fingerprint density at radius 2 is 1.91 bits per heavy atom. The van der Waals surface area contributed by atoms with Gasteiger partial charge in [0.2, 0.25) is 0 Å². The van der Waals surface area contributed by atoms with Crippen molar-refractivity contribution in [3.8, 4) is 5.75 Å². The Morgan fingerprint density at radius 3 is 2.63 bits per heavy atom. The van der Waals surface area contributed by atoms with Crippen LogP contribution in [0.3, 0.4) is 0 Å². The Kier molecular flexibility index (Phi) is 7.07. The SMILES string of the molecule is CC(Oc1ccc2[nH]nc(/C=C/c3ccc(CN4CCC(O)C4)cc3)c2c1)c1c(Cl)cncc1Cl. The summed E-state index contributed by atoms with van der Waals surface area (Å²) in [5.74, 6) is 0.696. The van der Waals surface area contributed by atoms with E-state index in [4.69, 9.17) is 27.9 Å². The van der Waals surface area contributed by atoms with Gasteiger partial charge in [0.25, 0.3) is 0 Å². The van der Waals surface area contributed by atoms with E-state index in [0.29, 0.717) is 21.4 Å². The number of fused-ring (bicyclic) bond motifs is 1. The first-order valence-electron chi connectivity index (χ1n) is 11.6. The molecule has 2 aromatic heterocycles. The Labute approximate surface area is 214 Å². The first-order valence-corrected chi connectivity index (χ1v) is 12.3. The summed E-state index contributed by atoms with van der Waals surface area (Å²) in [6.07, 6.45) is 7.49. The molecule has 1 fully saturated rings. The highest BCUT2D eigenvalue weighted by Gasteiger charge is 2.20. The summed E-state index contributed by atoms with van der Waals surface area (Å²) < 4.78 is 6.15. The third-order valence-electron chi connectivity index (χ3n) is 6.24. The molecule has 2 N–H and O–H groups in total. The number of nitrogens with one attached hydrogen (secondary N) is 1. The minimum Gasteiger partial charge on any atom is -0.486 e. The highest BCUT2D eigenvalue weighted by Crippen LogP contribution is 2.33. The maximum absolute atomic E-state index is 9.71. The molecule has 6 nitrogen and oxygen atoms in total. The maximum Gasteiger partial charge on any atom is 0.124 e. The average Bonchev–Trinajstić information content (AvgIpc) is 3.44. The molecular weight excluding hydrogens is 483 g/mol. The number of nitrogens with zero attached hydrogens (tertiary/aromatic N) is 3. The van der Waals surface area contributed by atoms with Crippen LogP contribution in [0, 0.1) is 0 Å². The number of H-pyrrole nitrogens is 1. The molecule has 8 heteroatoms. The van der Waals surface area contributed by atoms with E-state index in [0.717, 1.165) is 48.2 Å². The number of aromatic amines is 1. The lowest BCUT2D eigenvalue weighted by Gasteiger charge is -2.17. The molecule has 4 aromatic rings. The molecule has 0 bridgehead atoms. The largest absolute Gasteiger partial charge is 0.486 e. The van der Waals surface area contributed by atoms with Gasteiger partial charge in [-0.1, -0.05) is 53.5 Å². The highest BCUT2D eigenvalue weighted by atomic mass is 35.5. The number of pyridine rings is 1. The quantitative estimate of drug-likeness (QED) is 0.313. The predicted octanol–water partition coefficient (Wildman–Crippen LogP) is 6.14. The lowest BCUT2D eigenvalue weighted by atomic mass is 10.1. The van der Waals surface area contributed by atoms with E-state index < -0.39 is 0 Å². The van der Waals surface area contributed by atoms with Crippen LogP contribution < -0.4 is 4.74 Å². The number of β-amino-alcohol motifs (C(OH)–C–C–N with tert-alkyl or cyclic N) is 1. The zero-order valence-corrected chi connectivity index (χ0v) is 20.8. The Bertz CT molecular complexity index is 1330. The molecule has 1 aliphatic heterocycles. The third-order valence-corrected chi connectivity index (χ3v) is 6.84. The standard InChI is InChI=1S/C27H26Cl2N4O2/c1-17(27-23(28)13-30-14-24(27)29)35-21-7-9-26-22(12-21)25(31-32-26)8-6-18-2-4-19(5-3-18)15-33-11-10-20(34)16-33/h2-9,12-14,17,20,34H,10-11,15-16H2,1H3,(H,31,32)/b8-6+. The van der Waals surface area contributed by atoms with Crippen molar-refractivity contribution in [2.75, 3.05) is 13.1 Å². The van der Waals surface area contributed by atoms with Crippen LogP contribution in [0.1, 0.15) is 41.8 Å². The van der Waals surface area contributed by atoms with Gasteiger partial charge in [-0.3, -0.25) is 15.0 Å². The van der Waals surface area contributed by atoms with Crippen LogP contribution >= 0.6 is 23.2 Å². The fourth-order valence-corrected chi connectivity index (χ4v) is 5.08. The predicted molar refractivity (Wildman–Crippen MR) is 141 cm³/mol. The molecule has 0 amide bonds. The number of hydrogen-bond acceptors (Lipinski definition) is 5. The second-order valence-corrected chi connectivity index (χ2v) is 9.66. The van der Waals surface area contributed by atoms with Crippen molar-refractivity contribution in [2.24, 2.45) is 0 Å². The number of rotatable bonds is 7. The van der Waals surface area contributed by atoms with Crippen LogP contribution in [0.15, 0.2) is 54.9 Å². The minimum absolute atomic E-state index is 0.193. The fourth-order valence-electron chi connectivity index (χ4n) is 4.41.